The number of likely N-dealkylation sites (tertiary alicyclic amines) is 1. The van der Waals surface area contributed by atoms with Gasteiger partial charge in [0.05, 0.1) is 17.5 Å². The van der Waals surface area contributed by atoms with Crippen molar-refractivity contribution >= 4 is 29.0 Å². The van der Waals surface area contributed by atoms with Crippen molar-refractivity contribution in [1.29, 1.82) is 0 Å². The van der Waals surface area contributed by atoms with Gasteiger partial charge in [-0.3, -0.25) is 4.79 Å². The van der Waals surface area contributed by atoms with Crippen LogP contribution in [0.15, 0.2) is 46.9 Å². The van der Waals surface area contributed by atoms with Crippen molar-refractivity contribution in [2.24, 2.45) is 0 Å². The highest BCUT2D eigenvalue weighted by Crippen LogP contribution is 2.35. The lowest BCUT2D eigenvalue weighted by atomic mass is 10.2. The summed E-state index contributed by atoms with van der Waals surface area (Å²) in [5, 5.41) is 14.6. The highest BCUT2D eigenvalue weighted by atomic mass is 32.2. The van der Waals surface area contributed by atoms with E-state index < -0.39 is 0 Å². The second-order valence-electron chi connectivity index (χ2n) is 6.26. The number of hydrogen-bond acceptors (Lipinski definition) is 6. The molecule has 1 aliphatic rings. The van der Waals surface area contributed by atoms with Crippen LogP contribution in [-0.4, -0.2) is 43.3 Å². The van der Waals surface area contributed by atoms with Gasteiger partial charge in [0.2, 0.25) is 11.1 Å². The largest absolute Gasteiger partial charge is 0.334 e. The fraction of sp³-hybridized carbons (Fsp3) is 0.333. The third-order valence-corrected chi connectivity index (χ3v) is 6.37. The average Bonchev–Trinajstić information content (AvgIpc) is 3.40. The summed E-state index contributed by atoms with van der Waals surface area (Å²) in [5.41, 5.74) is 2.08. The molecule has 0 N–H and O–H groups in total. The molecule has 26 heavy (non-hydrogen) atoms. The van der Waals surface area contributed by atoms with Crippen LogP contribution in [0.25, 0.3) is 5.69 Å². The molecule has 4 rings (SSSR count). The zero-order chi connectivity index (χ0) is 17.9. The van der Waals surface area contributed by atoms with Gasteiger partial charge in [0.25, 0.3) is 0 Å². The number of thioether (sulfide) groups is 1. The third kappa shape index (κ3) is 3.52. The minimum atomic E-state index is 0.143. The molecule has 1 aliphatic heterocycles. The van der Waals surface area contributed by atoms with Crippen molar-refractivity contribution in [3.05, 3.63) is 52.2 Å². The summed E-state index contributed by atoms with van der Waals surface area (Å²) < 4.78 is 1.68. The zero-order valence-corrected chi connectivity index (χ0v) is 16.0. The van der Waals surface area contributed by atoms with E-state index in [9.17, 15) is 4.79 Å². The summed E-state index contributed by atoms with van der Waals surface area (Å²) in [7, 11) is 0. The molecule has 0 aliphatic carbocycles. The maximum absolute atomic E-state index is 12.8. The number of benzene rings is 1. The molecule has 2 aromatic heterocycles. The van der Waals surface area contributed by atoms with E-state index in [0.717, 1.165) is 25.1 Å². The van der Waals surface area contributed by atoms with Crippen molar-refractivity contribution in [3.63, 3.8) is 0 Å². The fourth-order valence-electron chi connectivity index (χ4n) is 3.17. The van der Waals surface area contributed by atoms with E-state index in [1.807, 2.05) is 42.2 Å². The number of nitrogens with zero attached hydrogens (tertiary/aromatic N) is 5. The van der Waals surface area contributed by atoms with E-state index in [0.29, 0.717) is 10.9 Å². The van der Waals surface area contributed by atoms with Crippen LogP contribution in [0, 0.1) is 6.92 Å². The van der Waals surface area contributed by atoms with Crippen LogP contribution in [0.3, 0.4) is 0 Å². The Morgan fingerprint density at radius 3 is 2.92 bits per heavy atom. The molecule has 0 spiro atoms. The smallest absolute Gasteiger partial charge is 0.233 e. The van der Waals surface area contributed by atoms with Gasteiger partial charge in [-0.1, -0.05) is 35.5 Å². The molecule has 0 radical (unpaired) electrons. The number of tetrazole rings is 1. The molecular weight excluding hydrogens is 366 g/mol. The topological polar surface area (TPSA) is 63.9 Å². The molecule has 1 unspecified atom stereocenters. The van der Waals surface area contributed by atoms with Crippen LogP contribution in [0.4, 0.5) is 0 Å². The van der Waals surface area contributed by atoms with Crippen molar-refractivity contribution < 1.29 is 4.79 Å². The maximum Gasteiger partial charge on any atom is 0.233 e. The molecule has 8 heteroatoms. The lowest BCUT2D eigenvalue weighted by Crippen LogP contribution is -2.31. The molecule has 3 aromatic rings. The van der Waals surface area contributed by atoms with Gasteiger partial charge in [-0.25, -0.2) is 0 Å². The summed E-state index contributed by atoms with van der Waals surface area (Å²) in [6.07, 6.45) is 2.10. The van der Waals surface area contributed by atoms with Gasteiger partial charge in [-0.05, 0) is 53.8 Å². The summed E-state index contributed by atoms with van der Waals surface area (Å²) in [4.78, 5) is 16.0. The second kappa shape index (κ2) is 7.59. The number of thiophene rings is 1. The van der Waals surface area contributed by atoms with Crippen molar-refractivity contribution in [1.82, 2.24) is 25.1 Å². The quantitative estimate of drug-likeness (QED) is 0.629. The van der Waals surface area contributed by atoms with Crippen molar-refractivity contribution in [2.75, 3.05) is 12.3 Å². The van der Waals surface area contributed by atoms with Gasteiger partial charge in [0.15, 0.2) is 0 Å². The van der Waals surface area contributed by atoms with Crippen molar-refractivity contribution in [3.8, 4) is 5.69 Å². The summed E-state index contributed by atoms with van der Waals surface area (Å²) >= 11 is 3.11. The van der Waals surface area contributed by atoms with Gasteiger partial charge in [0, 0.05) is 11.4 Å². The van der Waals surface area contributed by atoms with Gasteiger partial charge >= 0.3 is 0 Å². The number of carbonyl (C=O) groups excluding carboxylic acids is 1. The lowest BCUT2D eigenvalue weighted by Gasteiger charge is -2.23. The summed E-state index contributed by atoms with van der Waals surface area (Å²) in [5.74, 6) is 0.484. The van der Waals surface area contributed by atoms with Crippen LogP contribution in [0.1, 0.15) is 29.3 Å². The van der Waals surface area contributed by atoms with E-state index in [1.54, 1.807) is 16.0 Å². The first-order valence-corrected chi connectivity index (χ1v) is 10.4. The molecule has 1 saturated heterocycles. The molecule has 0 bridgehead atoms. The Bertz CT molecular complexity index is 875. The Hall–Kier alpha value is -2.19. The molecule has 1 fully saturated rings. The fourth-order valence-corrected chi connectivity index (χ4v) is 4.82. The number of aromatic nitrogens is 4. The number of carbonyl (C=O) groups is 1. The monoisotopic (exact) mass is 385 g/mol. The Labute approximate surface area is 160 Å². The first-order chi connectivity index (χ1) is 12.7. The Balaban J connectivity index is 1.44. The Kier molecular flexibility index (Phi) is 5.03. The van der Waals surface area contributed by atoms with Crippen LogP contribution in [-0.2, 0) is 4.79 Å². The van der Waals surface area contributed by atoms with Crippen LogP contribution in [0.2, 0.25) is 0 Å². The predicted molar refractivity (Wildman–Crippen MR) is 103 cm³/mol. The number of amides is 1. The highest BCUT2D eigenvalue weighted by molar-refractivity contribution is 7.99. The molecule has 3 heterocycles. The van der Waals surface area contributed by atoms with Gasteiger partial charge in [-0.15, -0.1) is 16.4 Å². The van der Waals surface area contributed by atoms with Gasteiger partial charge in [-0.2, -0.15) is 4.68 Å². The van der Waals surface area contributed by atoms with E-state index in [1.165, 1.54) is 22.2 Å². The van der Waals surface area contributed by atoms with E-state index >= 15 is 0 Å². The zero-order valence-electron chi connectivity index (χ0n) is 14.4. The van der Waals surface area contributed by atoms with E-state index in [2.05, 4.69) is 27.0 Å². The number of hydrogen-bond donors (Lipinski definition) is 0. The molecule has 1 amide bonds. The first kappa shape index (κ1) is 17.2. The molecular formula is C18H19N5OS2. The van der Waals surface area contributed by atoms with E-state index in [4.69, 9.17) is 0 Å². The number of aryl methyl sites for hydroxylation is 1. The van der Waals surface area contributed by atoms with Crippen LogP contribution >= 0.6 is 23.1 Å². The minimum absolute atomic E-state index is 0.143. The molecule has 0 saturated carbocycles. The summed E-state index contributed by atoms with van der Waals surface area (Å²) in [6.45, 7) is 2.86. The van der Waals surface area contributed by atoms with Gasteiger partial charge < -0.3 is 4.90 Å². The van der Waals surface area contributed by atoms with Crippen molar-refractivity contribution in [2.45, 2.75) is 31.0 Å². The number of rotatable bonds is 5. The third-order valence-electron chi connectivity index (χ3n) is 4.49. The minimum Gasteiger partial charge on any atom is -0.334 e. The molecule has 134 valence electrons. The molecule has 6 nitrogen and oxygen atoms in total. The average molecular weight is 386 g/mol. The Morgan fingerprint density at radius 2 is 2.15 bits per heavy atom. The van der Waals surface area contributed by atoms with Crippen LogP contribution < -0.4 is 0 Å². The molecule has 1 atom stereocenters. The normalized spacial score (nSPS) is 17.0. The second-order valence-corrected chi connectivity index (χ2v) is 8.18. The van der Waals surface area contributed by atoms with Gasteiger partial charge in [0.1, 0.15) is 0 Å². The standard InChI is InChI=1S/C18H19N5OS2/c1-13-6-8-14(9-7-13)23-18(19-20-21-23)26-12-17(24)22-10-2-4-15(22)16-5-3-11-25-16/h3,5-9,11,15H,2,4,10,12H2,1H3. The summed E-state index contributed by atoms with van der Waals surface area (Å²) in [6, 6.07) is 12.4. The SMILES string of the molecule is Cc1ccc(-n2nnnc2SCC(=O)N2CCCC2c2cccs2)cc1. The first-order valence-electron chi connectivity index (χ1n) is 8.53. The Morgan fingerprint density at radius 1 is 1.31 bits per heavy atom. The predicted octanol–water partition coefficient (Wildman–Crippen LogP) is 3.49. The highest BCUT2D eigenvalue weighted by Gasteiger charge is 2.30. The lowest BCUT2D eigenvalue weighted by molar-refractivity contribution is -0.129. The maximum atomic E-state index is 12.8. The molecule has 1 aromatic carbocycles. The van der Waals surface area contributed by atoms with E-state index in [-0.39, 0.29) is 11.9 Å². The van der Waals surface area contributed by atoms with Crippen LogP contribution in [0.5, 0.6) is 0 Å².